The third-order valence-corrected chi connectivity index (χ3v) is 3.11. The Morgan fingerprint density at radius 2 is 2.10 bits per heavy atom. The maximum Gasteiger partial charge on any atom is 0.374 e. The van der Waals surface area contributed by atoms with Gasteiger partial charge in [-0.05, 0) is 18.6 Å². The highest BCUT2D eigenvalue weighted by atomic mass is 16.5. The molecule has 0 spiro atoms. The summed E-state index contributed by atoms with van der Waals surface area (Å²) in [5, 5.41) is 0.349. The topological polar surface area (TPSA) is 65.7 Å². The molecular weight excluding hydrogens is 272 g/mol. The number of methoxy groups -OCH3 is 1. The van der Waals surface area contributed by atoms with Gasteiger partial charge in [-0.1, -0.05) is 25.8 Å². The number of fused-ring (bicyclic) bond motifs is 1. The van der Waals surface area contributed by atoms with Gasteiger partial charge >= 0.3 is 5.97 Å². The number of esters is 1. The molecule has 0 bridgehead atoms. The van der Waals surface area contributed by atoms with Gasteiger partial charge in [0.25, 0.3) is 0 Å². The number of rotatable bonds is 6. The summed E-state index contributed by atoms with van der Waals surface area (Å²) in [4.78, 5) is 23.6. The van der Waals surface area contributed by atoms with Crippen LogP contribution in [0, 0.1) is 0 Å². The standard InChI is InChI=1S/C16H18O5/c1-3-4-5-9-20-12-7-6-8-13-15(12)11(17)10-14(21-13)16(18)19-2/h6-8,10H,3-5,9H2,1-2H3. The van der Waals surface area contributed by atoms with E-state index in [1.54, 1.807) is 18.2 Å². The largest absolute Gasteiger partial charge is 0.493 e. The Kier molecular flexibility index (Phi) is 4.98. The van der Waals surface area contributed by atoms with E-state index in [2.05, 4.69) is 11.7 Å². The Labute approximate surface area is 122 Å². The Hall–Kier alpha value is -2.30. The van der Waals surface area contributed by atoms with Gasteiger partial charge in [-0.15, -0.1) is 0 Å². The van der Waals surface area contributed by atoms with Crippen LogP contribution in [0.5, 0.6) is 5.75 Å². The van der Waals surface area contributed by atoms with Crippen molar-refractivity contribution in [1.29, 1.82) is 0 Å². The van der Waals surface area contributed by atoms with Crippen LogP contribution in [0.3, 0.4) is 0 Å². The highest BCUT2D eigenvalue weighted by Gasteiger charge is 2.15. The van der Waals surface area contributed by atoms with Crippen molar-refractivity contribution < 1.29 is 18.7 Å². The molecule has 1 aromatic carbocycles. The average Bonchev–Trinajstić information content (AvgIpc) is 2.50. The zero-order valence-corrected chi connectivity index (χ0v) is 12.2. The van der Waals surface area contributed by atoms with E-state index in [1.807, 2.05) is 0 Å². The van der Waals surface area contributed by atoms with E-state index in [0.29, 0.717) is 23.3 Å². The summed E-state index contributed by atoms with van der Waals surface area (Å²) < 4.78 is 15.6. The van der Waals surface area contributed by atoms with E-state index >= 15 is 0 Å². The highest BCUT2D eigenvalue weighted by molar-refractivity contribution is 5.90. The Balaban J connectivity index is 2.36. The number of carbonyl (C=O) groups is 1. The minimum Gasteiger partial charge on any atom is -0.493 e. The number of hydrogen-bond acceptors (Lipinski definition) is 5. The molecule has 0 amide bonds. The zero-order chi connectivity index (χ0) is 15.2. The van der Waals surface area contributed by atoms with Gasteiger partial charge in [-0.3, -0.25) is 4.79 Å². The second-order valence-corrected chi connectivity index (χ2v) is 4.65. The van der Waals surface area contributed by atoms with Gasteiger partial charge in [-0.25, -0.2) is 4.79 Å². The van der Waals surface area contributed by atoms with E-state index < -0.39 is 5.97 Å². The fourth-order valence-corrected chi connectivity index (χ4v) is 2.03. The molecule has 1 aromatic heterocycles. The first-order valence-electron chi connectivity index (χ1n) is 6.95. The van der Waals surface area contributed by atoms with Crippen molar-refractivity contribution >= 4 is 16.9 Å². The lowest BCUT2D eigenvalue weighted by molar-refractivity contribution is 0.0565. The minimum absolute atomic E-state index is 0.113. The van der Waals surface area contributed by atoms with E-state index in [4.69, 9.17) is 9.15 Å². The van der Waals surface area contributed by atoms with E-state index in [-0.39, 0.29) is 11.2 Å². The summed E-state index contributed by atoms with van der Waals surface area (Å²) in [7, 11) is 1.24. The van der Waals surface area contributed by atoms with Crippen LogP contribution in [0.25, 0.3) is 11.0 Å². The predicted octanol–water partition coefficient (Wildman–Crippen LogP) is 3.15. The molecule has 5 heteroatoms. The lowest BCUT2D eigenvalue weighted by atomic mass is 10.2. The van der Waals surface area contributed by atoms with Crippen LogP contribution < -0.4 is 10.2 Å². The first-order valence-corrected chi connectivity index (χ1v) is 6.95. The molecule has 0 aliphatic heterocycles. The molecule has 5 nitrogen and oxygen atoms in total. The zero-order valence-electron chi connectivity index (χ0n) is 12.2. The lowest BCUT2D eigenvalue weighted by Gasteiger charge is -2.08. The van der Waals surface area contributed by atoms with Crippen LogP contribution in [0.2, 0.25) is 0 Å². The van der Waals surface area contributed by atoms with E-state index in [0.717, 1.165) is 25.3 Å². The molecule has 2 aromatic rings. The quantitative estimate of drug-likeness (QED) is 0.604. The highest BCUT2D eigenvalue weighted by Crippen LogP contribution is 2.23. The fourth-order valence-electron chi connectivity index (χ4n) is 2.03. The first kappa shape index (κ1) is 15.1. The van der Waals surface area contributed by atoms with Gasteiger partial charge < -0.3 is 13.9 Å². The molecule has 0 aliphatic rings. The van der Waals surface area contributed by atoms with Gasteiger partial charge in [0.2, 0.25) is 5.76 Å². The van der Waals surface area contributed by atoms with E-state index in [9.17, 15) is 9.59 Å². The molecule has 21 heavy (non-hydrogen) atoms. The molecule has 2 rings (SSSR count). The summed E-state index contributed by atoms with van der Waals surface area (Å²) in [6, 6.07) is 6.21. The fraction of sp³-hybridized carbons (Fsp3) is 0.375. The second kappa shape index (κ2) is 6.92. The van der Waals surface area contributed by atoms with Gasteiger partial charge in [0, 0.05) is 6.07 Å². The lowest BCUT2D eigenvalue weighted by Crippen LogP contribution is -2.10. The number of benzene rings is 1. The maximum absolute atomic E-state index is 12.2. The summed E-state index contributed by atoms with van der Waals surface area (Å²) in [6.45, 7) is 2.66. The number of hydrogen-bond donors (Lipinski definition) is 0. The average molecular weight is 290 g/mol. The molecule has 0 aliphatic carbocycles. The van der Waals surface area contributed by atoms with Crippen LogP contribution in [-0.2, 0) is 4.74 Å². The number of unbranched alkanes of at least 4 members (excludes halogenated alkanes) is 2. The normalized spacial score (nSPS) is 10.6. The van der Waals surface area contributed by atoms with Crippen LogP contribution in [0.4, 0.5) is 0 Å². The van der Waals surface area contributed by atoms with Gasteiger partial charge in [0.05, 0.1) is 13.7 Å². The van der Waals surface area contributed by atoms with Crippen molar-refractivity contribution in [3.63, 3.8) is 0 Å². The summed E-state index contributed by atoms with van der Waals surface area (Å²) >= 11 is 0. The molecule has 0 unspecified atom stereocenters. The van der Waals surface area contributed by atoms with Crippen molar-refractivity contribution in [2.24, 2.45) is 0 Å². The van der Waals surface area contributed by atoms with Crippen molar-refractivity contribution in [2.45, 2.75) is 26.2 Å². The molecular formula is C16H18O5. The van der Waals surface area contributed by atoms with Crippen molar-refractivity contribution in [3.8, 4) is 5.75 Å². The number of carbonyl (C=O) groups excluding carboxylic acids is 1. The van der Waals surface area contributed by atoms with Crippen LogP contribution >= 0.6 is 0 Å². The summed E-state index contributed by atoms with van der Waals surface area (Å²) in [6.07, 6.45) is 3.11. The van der Waals surface area contributed by atoms with Crippen molar-refractivity contribution in [2.75, 3.05) is 13.7 Å². The van der Waals surface area contributed by atoms with E-state index in [1.165, 1.54) is 7.11 Å². The van der Waals surface area contributed by atoms with Crippen molar-refractivity contribution in [3.05, 3.63) is 40.2 Å². The maximum atomic E-state index is 12.2. The smallest absolute Gasteiger partial charge is 0.374 e. The molecule has 0 N–H and O–H groups in total. The Morgan fingerprint density at radius 1 is 1.29 bits per heavy atom. The number of ether oxygens (including phenoxy) is 2. The molecule has 0 saturated carbocycles. The molecule has 0 fully saturated rings. The molecule has 0 saturated heterocycles. The molecule has 0 atom stereocenters. The Bertz CT molecular complexity index is 687. The molecule has 112 valence electrons. The van der Waals surface area contributed by atoms with Crippen molar-refractivity contribution in [1.82, 2.24) is 0 Å². The molecule has 0 radical (unpaired) electrons. The van der Waals surface area contributed by atoms with Crippen LogP contribution in [0.15, 0.2) is 33.5 Å². The van der Waals surface area contributed by atoms with Crippen LogP contribution in [0.1, 0.15) is 36.7 Å². The van der Waals surface area contributed by atoms with Crippen LogP contribution in [-0.4, -0.2) is 19.7 Å². The second-order valence-electron chi connectivity index (χ2n) is 4.65. The SMILES string of the molecule is CCCCCOc1cccc2oc(C(=O)OC)cc(=O)c12. The Morgan fingerprint density at radius 3 is 2.81 bits per heavy atom. The first-order chi connectivity index (χ1) is 10.2. The third kappa shape index (κ3) is 3.42. The molecule has 1 heterocycles. The third-order valence-electron chi connectivity index (χ3n) is 3.11. The van der Waals surface area contributed by atoms with Gasteiger partial charge in [0.15, 0.2) is 5.43 Å². The summed E-state index contributed by atoms with van der Waals surface area (Å²) in [5.74, 6) is -0.310. The monoisotopic (exact) mass is 290 g/mol. The summed E-state index contributed by atoms with van der Waals surface area (Å²) in [5.41, 5.74) is -0.00127. The minimum atomic E-state index is -0.678. The van der Waals surface area contributed by atoms with Gasteiger partial charge in [0.1, 0.15) is 16.7 Å². The van der Waals surface area contributed by atoms with Gasteiger partial charge in [-0.2, -0.15) is 0 Å². The predicted molar refractivity (Wildman–Crippen MR) is 78.8 cm³/mol.